The van der Waals surface area contributed by atoms with Gasteiger partial charge in [-0.1, -0.05) is 55.1 Å². The van der Waals surface area contributed by atoms with Gasteiger partial charge in [0.1, 0.15) is 10.7 Å². The molecule has 37 heavy (non-hydrogen) atoms. The molecule has 3 aliphatic rings. The number of carbonyl (C=O) groups excluding carboxylic acids is 1. The molecule has 2 atom stereocenters. The quantitative estimate of drug-likeness (QED) is 0.324. The normalized spacial score (nSPS) is 22.6. The molecule has 0 saturated heterocycles. The molecule has 1 spiro atoms. The Kier molecular flexibility index (Phi) is 6.68. The van der Waals surface area contributed by atoms with Crippen LogP contribution in [-0.4, -0.2) is 41.6 Å². The molecule has 1 aromatic carbocycles. The predicted molar refractivity (Wildman–Crippen MR) is 147 cm³/mol. The summed E-state index contributed by atoms with van der Waals surface area (Å²) in [5.74, 6) is -0.494. The summed E-state index contributed by atoms with van der Waals surface area (Å²) in [5.41, 5.74) is 3.40. The van der Waals surface area contributed by atoms with E-state index in [1.54, 1.807) is 19.4 Å². The average Bonchev–Trinajstić information content (AvgIpc) is 3.49. The van der Waals surface area contributed by atoms with Crippen molar-refractivity contribution < 1.29 is 13.9 Å². The van der Waals surface area contributed by atoms with Gasteiger partial charge in [0.05, 0.1) is 11.1 Å². The summed E-state index contributed by atoms with van der Waals surface area (Å²) in [7, 11) is 1.72. The van der Waals surface area contributed by atoms with E-state index in [9.17, 15) is 9.18 Å². The minimum absolute atomic E-state index is 0.105. The molecular formula is C30H30ClFN2O2S. The van der Waals surface area contributed by atoms with Gasteiger partial charge in [0.25, 0.3) is 5.91 Å². The minimum atomic E-state index is -0.389. The van der Waals surface area contributed by atoms with Crippen molar-refractivity contribution in [1.29, 1.82) is 0 Å². The van der Waals surface area contributed by atoms with Crippen LogP contribution in [0.4, 0.5) is 4.39 Å². The molecule has 192 valence electrons. The largest absolute Gasteiger partial charge is 0.377 e. The predicted octanol–water partition coefficient (Wildman–Crippen LogP) is 7.68. The SMILES string of the molecule is COC1CC=C(c2cccnc2)C=C1CN(C(=O)c1sc2cccc(F)c2c1Cl)C1CC12CCCCC2. The van der Waals surface area contributed by atoms with Crippen molar-refractivity contribution in [1.82, 2.24) is 9.88 Å². The molecule has 4 nitrogen and oxygen atoms in total. The van der Waals surface area contributed by atoms with E-state index in [1.807, 2.05) is 29.3 Å². The van der Waals surface area contributed by atoms with Crippen LogP contribution in [0.25, 0.3) is 15.7 Å². The Morgan fingerprint density at radius 2 is 2.08 bits per heavy atom. The number of thiophene rings is 1. The van der Waals surface area contributed by atoms with Crippen molar-refractivity contribution >= 4 is 44.5 Å². The Balaban J connectivity index is 1.37. The van der Waals surface area contributed by atoms with Crippen LogP contribution in [0.5, 0.6) is 0 Å². The number of benzene rings is 1. The lowest BCUT2D eigenvalue weighted by atomic mass is 9.85. The maximum Gasteiger partial charge on any atom is 0.266 e. The van der Waals surface area contributed by atoms with Crippen LogP contribution in [0, 0.1) is 11.2 Å². The van der Waals surface area contributed by atoms with Crippen molar-refractivity contribution in [2.45, 2.75) is 57.1 Å². The van der Waals surface area contributed by atoms with E-state index in [0.717, 1.165) is 42.4 Å². The first-order valence-electron chi connectivity index (χ1n) is 13.0. The van der Waals surface area contributed by atoms with Gasteiger partial charge in [-0.2, -0.15) is 0 Å². The highest BCUT2D eigenvalue weighted by Crippen LogP contribution is 2.59. The molecule has 2 fully saturated rings. The van der Waals surface area contributed by atoms with Crippen LogP contribution >= 0.6 is 22.9 Å². The van der Waals surface area contributed by atoms with Crippen molar-refractivity contribution in [2.75, 3.05) is 13.7 Å². The van der Waals surface area contributed by atoms with Crippen LogP contribution in [-0.2, 0) is 4.74 Å². The lowest BCUT2D eigenvalue weighted by Gasteiger charge is -2.32. The Bertz CT molecular complexity index is 1390. The zero-order valence-electron chi connectivity index (χ0n) is 20.9. The fraction of sp³-hybridized carbons (Fsp3) is 0.400. The molecule has 2 aromatic heterocycles. The topological polar surface area (TPSA) is 42.4 Å². The zero-order valence-corrected chi connectivity index (χ0v) is 22.5. The number of rotatable bonds is 6. The number of allylic oxidation sites excluding steroid dienone is 2. The molecule has 3 aliphatic carbocycles. The average molecular weight is 537 g/mol. The van der Waals surface area contributed by atoms with Gasteiger partial charge in [-0.15, -0.1) is 11.3 Å². The van der Waals surface area contributed by atoms with Gasteiger partial charge in [-0.25, -0.2) is 4.39 Å². The summed E-state index contributed by atoms with van der Waals surface area (Å²) in [4.78, 5) is 20.9. The first-order chi connectivity index (χ1) is 18.0. The van der Waals surface area contributed by atoms with Gasteiger partial charge in [0.15, 0.2) is 0 Å². The Labute approximate surface area is 225 Å². The van der Waals surface area contributed by atoms with Gasteiger partial charge in [0, 0.05) is 42.2 Å². The van der Waals surface area contributed by atoms with E-state index in [0.29, 0.717) is 21.5 Å². The third kappa shape index (κ3) is 4.53. The summed E-state index contributed by atoms with van der Waals surface area (Å²) in [6.07, 6.45) is 15.6. The number of aromatic nitrogens is 1. The second-order valence-electron chi connectivity index (χ2n) is 10.5. The fourth-order valence-electron chi connectivity index (χ4n) is 6.29. The number of halogens is 2. The summed E-state index contributed by atoms with van der Waals surface area (Å²) in [5, 5.41) is 0.567. The summed E-state index contributed by atoms with van der Waals surface area (Å²) in [6, 6.07) is 9.03. The highest BCUT2D eigenvalue weighted by molar-refractivity contribution is 7.21. The molecule has 1 amide bonds. The molecule has 2 saturated carbocycles. The molecule has 2 unspecified atom stereocenters. The fourth-order valence-corrected chi connectivity index (χ4v) is 7.79. The first kappa shape index (κ1) is 24.8. The number of methoxy groups -OCH3 is 1. The van der Waals surface area contributed by atoms with Crippen molar-refractivity contribution in [3.8, 4) is 0 Å². The van der Waals surface area contributed by atoms with Crippen LogP contribution in [0.15, 0.2) is 60.5 Å². The van der Waals surface area contributed by atoms with Crippen LogP contribution in [0.3, 0.4) is 0 Å². The molecule has 0 radical (unpaired) electrons. The third-order valence-electron chi connectivity index (χ3n) is 8.37. The molecule has 3 aromatic rings. The van der Waals surface area contributed by atoms with Crippen molar-refractivity contribution in [3.63, 3.8) is 0 Å². The zero-order chi connectivity index (χ0) is 25.6. The Hall–Kier alpha value is -2.54. The van der Waals surface area contributed by atoms with E-state index in [2.05, 4.69) is 17.1 Å². The summed E-state index contributed by atoms with van der Waals surface area (Å²) >= 11 is 7.96. The van der Waals surface area contributed by atoms with E-state index < -0.39 is 0 Å². The number of hydrogen-bond donors (Lipinski definition) is 0. The number of hydrogen-bond acceptors (Lipinski definition) is 4. The number of nitrogens with zero attached hydrogens (tertiary/aromatic N) is 2. The lowest BCUT2D eigenvalue weighted by Crippen LogP contribution is -2.40. The smallest absolute Gasteiger partial charge is 0.266 e. The van der Waals surface area contributed by atoms with Gasteiger partial charge < -0.3 is 9.64 Å². The van der Waals surface area contributed by atoms with Crippen LogP contribution in [0.1, 0.15) is 60.2 Å². The van der Waals surface area contributed by atoms with E-state index in [1.165, 1.54) is 36.7 Å². The second-order valence-corrected chi connectivity index (χ2v) is 11.9. The monoisotopic (exact) mass is 536 g/mol. The van der Waals surface area contributed by atoms with Crippen LogP contribution < -0.4 is 0 Å². The molecule has 6 rings (SSSR count). The minimum Gasteiger partial charge on any atom is -0.377 e. The van der Waals surface area contributed by atoms with E-state index in [4.69, 9.17) is 16.3 Å². The summed E-state index contributed by atoms with van der Waals surface area (Å²) < 4.78 is 21.2. The Morgan fingerprint density at radius 3 is 2.81 bits per heavy atom. The van der Waals surface area contributed by atoms with E-state index in [-0.39, 0.29) is 34.3 Å². The van der Waals surface area contributed by atoms with Crippen molar-refractivity contribution in [3.05, 3.63) is 81.7 Å². The highest BCUT2D eigenvalue weighted by atomic mass is 35.5. The van der Waals surface area contributed by atoms with Gasteiger partial charge in [-0.05, 0) is 66.0 Å². The number of ether oxygens (including phenoxy) is 1. The lowest BCUT2D eigenvalue weighted by molar-refractivity contribution is 0.0698. The van der Waals surface area contributed by atoms with Gasteiger partial charge >= 0.3 is 0 Å². The number of fused-ring (bicyclic) bond motifs is 1. The molecule has 7 heteroatoms. The molecular weight excluding hydrogens is 507 g/mol. The van der Waals surface area contributed by atoms with Crippen LogP contribution in [0.2, 0.25) is 5.02 Å². The highest BCUT2D eigenvalue weighted by Gasteiger charge is 2.58. The third-order valence-corrected chi connectivity index (χ3v) is 10.0. The van der Waals surface area contributed by atoms with Crippen molar-refractivity contribution in [2.24, 2.45) is 5.41 Å². The Morgan fingerprint density at radius 1 is 1.24 bits per heavy atom. The van der Waals surface area contributed by atoms with Gasteiger partial charge in [0.2, 0.25) is 0 Å². The standard InChI is InChI=1S/C30H30ClFN2O2S/c1-36-23-11-10-19(20-7-6-14-33-17-20)15-21(23)18-34(25-16-30(25)12-3-2-4-13-30)29(35)28-27(31)26-22(32)8-5-9-24(26)37-28/h5-10,14-15,17,23,25H,2-4,11-13,16,18H2,1H3. The summed E-state index contributed by atoms with van der Waals surface area (Å²) in [6.45, 7) is 0.467. The number of carbonyl (C=O) groups is 1. The molecule has 0 aliphatic heterocycles. The maximum atomic E-state index is 14.6. The second kappa shape index (κ2) is 9.97. The number of amides is 1. The molecule has 2 heterocycles. The van der Waals surface area contributed by atoms with E-state index >= 15 is 0 Å². The molecule has 0 N–H and O–H groups in total. The maximum absolute atomic E-state index is 14.6. The molecule has 0 bridgehead atoms. The number of pyridine rings is 1. The van der Waals surface area contributed by atoms with Gasteiger partial charge in [-0.3, -0.25) is 9.78 Å². The first-order valence-corrected chi connectivity index (χ1v) is 14.2.